The molecule has 1 aromatic carbocycles. The second-order valence-electron chi connectivity index (χ2n) is 7.86. The lowest BCUT2D eigenvalue weighted by Gasteiger charge is -2.43. The molecule has 2 fully saturated rings. The summed E-state index contributed by atoms with van der Waals surface area (Å²) in [5.41, 5.74) is 2.88. The number of halogens is 4. The highest BCUT2D eigenvalue weighted by molar-refractivity contribution is 7.80. The van der Waals surface area contributed by atoms with Crippen LogP contribution in [-0.2, 0) is 17.6 Å². The highest BCUT2D eigenvalue weighted by Crippen LogP contribution is 2.46. The lowest BCUT2D eigenvalue weighted by Crippen LogP contribution is -2.57. The number of ketones is 1. The van der Waals surface area contributed by atoms with Gasteiger partial charge in [-0.05, 0) is 42.0 Å². The number of nitrogens with zero attached hydrogens (tertiary/aromatic N) is 4. The van der Waals surface area contributed by atoms with Crippen molar-refractivity contribution < 1.29 is 27.2 Å². The van der Waals surface area contributed by atoms with Crippen LogP contribution in [-0.4, -0.2) is 33.9 Å². The fraction of sp³-hybridized carbons (Fsp3) is 0.286. The van der Waals surface area contributed by atoms with Crippen LogP contribution in [0.2, 0.25) is 0 Å². The van der Waals surface area contributed by atoms with Gasteiger partial charge in [0.05, 0.1) is 23.0 Å². The molecule has 33 heavy (non-hydrogen) atoms. The maximum atomic E-state index is 13.6. The Balaban J connectivity index is 1.79. The van der Waals surface area contributed by atoms with E-state index in [0.29, 0.717) is 5.69 Å². The first-order chi connectivity index (χ1) is 15.5. The van der Waals surface area contributed by atoms with E-state index in [9.17, 15) is 27.2 Å². The molecule has 0 atom stereocenters. The fourth-order valence-electron chi connectivity index (χ4n) is 4.27. The average molecular weight is 477 g/mol. The Hall–Kier alpha value is -3.59. The van der Waals surface area contributed by atoms with Crippen LogP contribution in [0, 0.1) is 11.3 Å². The van der Waals surface area contributed by atoms with Crippen molar-refractivity contribution in [3.8, 4) is 6.07 Å². The highest BCUT2D eigenvalue weighted by atomic mass is 32.1. The molecule has 1 saturated carbocycles. The molecule has 1 amide bonds. The summed E-state index contributed by atoms with van der Waals surface area (Å²) in [7, 11) is 0. The van der Waals surface area contributed by atoms with Gasteiger partial charge >= 0.3 is 6.18 Å². The van der Waals surface area contributed by atoms with Gasteiger partial charge in [0.2, 0.25) is 5.91 Å². The smallest absolute Gasteiger partial charge is 0.366 e. The minimum Gasteiger partial charge on any atom is -0.366 e. The molecule has 2 aliphatic rings. The van der Waals surface area contributed by atoms with Crippen molar-refractivity contribution in [3.63, 3.8) is 0 Å². The minimum absolute atomic E-state index is 0.00642. The summed E-state index contributed by atoms with van der Waals surface area (Å²) in [4.78, 5) is 30.1. The minimum atomic E-state index is -4.81. The second kappa shape index (κ2) is 7.77. The fourth-order valence-corrected chi connectivity index (χ4v) is 4.74. The Morgan fingerprint density at radius 3 is 2.52 bits per heavy atom. The molecule has 170 valence electrons. The van der Waals surface area contributed by atoms with E-state index in [-0.39, 0.29) is 47.1 Å². The quantitative estimate of drug-likeness (QED) is 0.533. The number of carbonyl (C=O) groups excluding carboxylic acids is 2. The van der Waals surface area contributed by atoms with Gasteiger partial charge in [-0.3, -0.25) is 9.59 Å². The van der Waals surface area contributed by atoms with Crippen LogP contribution in [0.5, 0.6) is 0 Å². The molecule has 1 aliphatic carbocycles. The van der Waals surface area contributed by atoms with E-state index in [1.54, 1.807) is 4.90 Å². The van der Waals surface area contributed by atoms with Crippen molar-refractivity contribution in [3.05, 3.63) is 52.8 Å². The molecule has 1 spiro atoms. The Morgan fingerprint density at radius 2 is 1.97 bits per heavy atom. The molecular weight excluding hydrogens is 462 g/mol. The van der Waals surface area contributed by atoms with Crippen molar-refractivity contribution in [2.24, 2.45) is 5.73 Å². The summed E-state index contributed by atoms with van der Waals surface area (Å²) in [5.74, 6) is -0.866. The normalized spacial score (nSPS) is 17.3. The number of primary amides is 1. The van der Waals surface area contributed by atoms with Gasteiger partial charge in [0.15, 0.2) is 10.8 Å². The third-order valence-electron chi connectivity index (χ3n) is 5.75. The number of nitrogens with two attached hydrogens (primary N) is 1. The number of Topliss-reactive ketones (excluding diaryl/α,β-unsaturated/α-hetero) is 1. The first-order valence-electron chi connectivity index (χ1n) is 9.60. The zero-order chi connectivity index (χ0) is 24.1. The van der Waals surface area contributed by atoms with Crippen LogP contribution >= 0.6 is 12.2 Å². The Kier molecular flexibility index (Phi) is 5.32. The van der Waals surface area contributed by atoms with Gasteiger partial charge in [-0.1, -0.05) is 0 Å². The number of rotatable bonds is 4. The third-order valence-corrected chi connectivity index (χ3v) is 6.16. The molecular formula is C21H15F4N5O2S. The predicted octanol–water partition coefficient (Wildman–Crippen LogP) is 3.25. The molecule has 0 unspecified atom stereocenters. The van der Waals surface area contributed by atoms with E-state index in [1.807, 2.05) is 0 Å². The van der Waals surface area contributed by atoms with Crippen molar-refractivity contribution >= 4 is 40.4 Å². The highest BCUT2D eigenvalue weighted by Gasteiger charge is 2.56. The molecule has 2 N–H and O–H groups in total. The molecule has 1 saturated heterocycles. The van der Waals surface area contributed by atoms with Gasteiger partial charge in [0.1, 0.15) is 18.5 Å². The number of alkyl halides is 4. The van der Waals surface area contributed by atoms with Crippen molar-refractivity contribution in [2.75, 3.05) is 16.3 Å². The molecule has 1 aliphatic heterocycles. The average Bonchev–Trinajstić information content (AvgIpc) is 3.04. The van der Waals surface area contributed by atoms with Gasteiger partial charge in [-0.25, -0.2) is 9.37 Å². The van der Waals surface area contributed by atoms with Gasteiger partial charge in [-0.2, -0.15) is 18.4 Å². The lowest BCUT2D eigenvalue weighted by atomic mass is 9.74. The Labute approximate surface area is 190 Å². The van der Waals surface area contributed by atoms with Crippen molar-refractivity contribution in [1.29, 1.82) is 5.26 Å². The summed E-state index contributed by atoms with van der Waals surface area (Å²) in [6, 6.07) is 6.45. The van der Waals surface area contributed by atoms with Crippen LogP contribution in [0.15, 0.2) is 30.5 Å². The molecule has 2 aromatic rings. The monoisotopic (exact) mass is 477 g/mol. The molecule has 0 bridgehead atoms. The Bertz CT molecular complexity index is 1230. The van der Waals surface area contributed by atoms with Gasteiger partial charge in [0.25, 0.3) is 0 Å². The molecule has 2 heterocycles. The standard InChI is InChI=1S/C21H15F4N5O2S/c22-7-11-3-12(1-2-15(11)18(27)32)30-19(33)29(10-20(30)5-14(31)6-20)13-4-16(21(23,24)25)17(8-26)28-9-13/h1-4,9H,5-7,10H2,(H2,27,32). The topological polar surface area (TPSA) is 103 Å². The maximum absolute atomic E-state index is 13.6. The number of benzene rings is 1. The zero-order valence-electron chi connectivity index (χ0n) is 16.8. The van der Waals surface area contributed by atoms with E-state index in [2.05, 4.69) is 4.98 Å². The van der Waals surface area contributed by atoms with Crippen molar-refractivity contribution in [1.82, 2.24) is 4.98 Å². The van der Waals surface area contributed by atoms with Crippen molar-refractivity contribution in [2.45, 2.75) is 31.2 Å². The lowest BCUT2D eigenvalue weighted by molar-refractivity contribution is -0.138. The summed E-state index contributed by atoms with van der Waals surface area (Å²) < 4.78 is 53.9. The number of carbonyl (C=O) groups is 2. The van der Waals surface area contributed by atoms with E-state index in [0.717, 1.165) is 12.3 Å². The largest absolute Gasteiger partial charge is 0.419 e. The number of hydrogen-bond acceptors (Lipinski definition) is 5. The van der Waals surface area contributed by atoms with Crippen LogP contribution in [0.4, 0.5) is 28.9 Å². The summed E-state index contributed by atoms with van der Waals surface area (Å²) in [5, 5.41) is 9.07. The zero-order valence-corrected chi connectivity index (χ0v) is 17.6. The predicted molar refractivity (Wildman–Crippen MR) is 113 cm³/mol. The number of hydrogen-bond donors (Lipinski definition) is 1. The van der Waals surface area contributed by atoms with E-state index in [1.165, 1.54) is 29.2 Å². The van der Waals surface area contributed by atoms with E-state index >= 15 is 0 Å². The van der Waals surface area contributed by atoms with Crippen LogP contribution in [0.25, 0.3) is 0 Å². The molecule has 4 rings (SSSR count). The van der Waals surface area contributed by atoms with E-state index < -0.39 is 35.6 Å². The maximum Gasteiger partial charge on any atom is 0.419 e. The number of pyridine rings is 1. The number of amides is 1. The third kappa shape index (κ3) is 3.68. The SMILES string of the molecule is N#Cc1ncc(N2CC3(CC(=O)C3)N(c3ccc(C(N)=O)c(CF)c3)C2=S)cc1C(F)(F)F. The number of anilines is 2. The first-order valence-corrected chi connectivity index (χ1v) is 10.0. The number of aromatic nitrogens is 1. The summed E-state index contributed by atoms with van der Waals surface area (Å²) in [6.07, 6.45) is -3.52. The molecule has 1 aromatic heterocycles. The summed E-state index contributed by atoms with van der Waals surface area (Å²) >= 11 is 5.56. The van der Waals surface area contributed by atoms with E-state index in [4.69, 9.17) is 23.2 Å². The van der Waals surface area contributed by atoms with Crippen LogP contribution in [0.3, 0.4) is 0 Å². The number of thiocarbonyl (C=S) groups is 1. The molecule has 0 radical (unpaired) electrons. The number of nitriles is 1. The van der Waals surface area contributed by atoms with Crippen LogP contribution in [0.1, 0.15) is 40.0 Å². The molecule has 7 nitrogen and oxygen atoms in total. The second-order valence-corrected chi connectivity index (χ2v) is 8.22. The summed E-state index contributed by atoms with van der Waals surface area (Å²) in [6.45, 7) is -0.887. The molecule has 12 heteroatoms. The first kappa shape index (κ1) is 22.6. The van der Waals surface area contributed by atoms with Gasteiger partial charge < -0.3 is 15.5 Å². The van der Waals surface area contributed by atoms with Gasteiger partial charge in [-0.15, -0.1) is 0 Å². The van der Waals surface area contributed by atoms with Crippen LogP contribution < -0.4 is 15.5 Å². The Morgan fingerprint density at radius 1 is 1.27 bits per heavy atom. The van der Waals surface area contributed by atoms with Gasteiger partial charge in [0, 0.05) is 30.6 Å².